The molecule has 27 heavy (non-hydrogen) atoms. The third-order valence-electron chi connectivity index (χ3n) is 6.13. The maximum atomic E-state index is 12.8. The third kappa shape index (κ3) is 3.36. The van der Waals surface area contributed by atoms with Gasteiger partial charge in [-0.25, -0.2) is 0 Å². The van der Waals surface area contributed by atoms with Crippen molar-refractivity contribution in [3.05, 3.63) is 53.9 Å². The van der Waals surface area contributed by atoms with Gasteiger partial charge in [0, 0.05) is 39.9 Å². The van der Waals surface area contributed by atoms with Gasteiger partial charge >= 0.3 is 0 Å². The lowest BCUT2D eigenvalue weighted by molar-refractivity contribution is -0.139. The van der Waals surface area contributed by atoms with E-state index < -0.39 is 0 Å². The van der Waals surface area contributed by atoms with Gasteiger partial charge in [0.15, 0.2) is 0 Å². The molecule has 2 aliphatic rings. The summed E-state index contributed by atoms with van der Waals surface area (Å²) < 4.78 is 1.66. The second-order valence-corrected chi connectivity index (χ2v) is 8.03. The summed E-state index contributed by atoms with van der Waals surface area (Å²) in [7, 11) is 3.73. The van der Waals surface area contributed by atoms with Gasteiger partial charge in [-0.3, -0.25) is 14.3 Å². The zero-order valence-electron chi connectivity index (χ0n) is 16.0. The highest BCUT2D eigenvalue weighted by molar-refractivity contribution is 5.92. The number of carbonyl (C=O) groups excluding carboxylic acids is 2. The van der Waals surface area contributed by atoms with Gasteiger partial charge in [0.2, 0.25) is 5.91 Å². The molecule has 0 aliphatic carbocycles. The predicted octanol–water partition coefficient (Wildman–Crippen LogP) is 2.29. The Hall–Kier alpha value is -2.63. The van der Waals surface area contributed by atoms with Crippen LogP contribution in [0.15, 0.2) is 42.6 Å². The predicted molar refractivity (Wildman–Crippen MR) is 102 cm³/mol. The van der Waals surface area contributed by atoms with Gasteiger partial charge in [0.1, 0.15) is 5.69 Å². The maximum absolute atomic E-state index is 12.8. The van der Waals surface area contributed by atoms with Crippen LogP contribution in [0.5, 0.6) is 0 Å². The molecular formula is C21H26N4O2. The van der Waals surface area contributed by atoms with Crippen molar-refractivity contribution in [2.24, 2.45) is 12.5 Å². The minimum Gasteiger partial charge on any atom is -0.345 e. The first-order valence-corrected chi connectivity index (χ1v) is 9.56. The van der Waals surface area contributed by atoms with E-state index in [1.54, 1.807) is 16.9 Å². The molecule has 0 unspecified atom stereocenters. The van der Waals surface area contributed by atoms with Gasteiger partial charge in [0.25, 0.3) is 5.91 Å². The molecule has 142 valence electrons. The fraction of sp³-hybridized carbons (Fsp3) is 0.476. The summed E-state index contributed by atoms with van der Waals surface area (Å²) >= 11 is 0. The van der Waals surface area contributed by atoms with Crippen molar-refractivity contribution in [1.29, 1.82) is 0 Å². The fourth-order valence-electron chi connectivity index (χ4n) is 4.62. The van der Waals surface area contributed by atoms with E-state index in [-0.39, 0.29) is 23.1 Å². The number of carbonyl (C=O) groups is 2. The van der Waals surface area contributed by atoms with Crippen molar-refractivity contribution in [2.75, 3.05) is 26.7 Å². The zero-order valence-corrected chi connectivity index (χ0v) is 16.0. The van der Waals surface area contributed by atoms with Crippen LogP contribution >= 0.6 is 0 Å². The number of nitrogens with zero attached hydrogens (tertiary/aromatic N) is 4. The Bertz CT molecular complexity index is 837. The van der Waals surface area contributed by atoms with Gasteiger partial charge in [-0.1, -0.05) is 30.3 Å². The quantitative estimate of drug-likeness (QED) is 0.819. The Kier molecular flexibility index (Phi) is 4.50. The summed E-state index contributed by atoms with van der Waals surface area (Å²) in [5.74, 6) is 0.132. The Morgan fingerprint density at radius 3 is 2.44 bits per heavy atom. The number of amides is 2. The molecule has 1 aromatic heterocycles. The van der Waals surface area contributed by atoms with E-state index in [1.165, 1.54) is 0 Å². The van der Waals surface area contributed by atoms with Gasteiger partial charge < -0.3 is 9.80 Å². The first kappa shape index (κ1) is 17.8. The van der Waals surface area contributed by atoms with E-state index in [0.717, 1.165) is 44.5 Å². The van der Waals surface area contributed by atoms with E-state index in [4.69, 9.17) is 0 Å². The maximum Gasteiger partial charge on any atom is 0.274 e. The lowest BCUT2D eigenvalue weighted by atomic mass is 9.67. The average molecular weight is 366 g/mol. The summed E-state index contributed by atoms with van der Waals surface area (Å²) in [4.78, 5) is 29.2. The molecule has 0 radical (unpaired) electrons. The number of hydrogen-bond donors (Lipinski definition) is 0. The molecule has 4 rings (SSSR count). The largest absolute Gasteiger partial charge is 0.345 e. The first-order valence-electron chi connectivity index (χ1n) is 9.56. The monoisotopic (exact) mass is 366 g/mol. The Morgan fingerprint density at radius 2 is 1.81 bits per heavy atom. The molecule has 2 saturated heterocycles. The van der Waals surface area contributed by atoms with Gasteiger partial charge in [-0.15, -0.1) is 0 Å². The number of aryl methyl sites for hydroxylation is 1. The second kappa shape index (κ2) is 6.83. The molecule has 6 heteroatoms. The molecule has 3 heterocycles. The van der Waals surface area contributed by atoms with Crippen molar-refractivity contribution in [3.63, 3.8) is 0 Å². The molecule has 2 aromatic rings. The van der Waals surface area contributed by atoms with Crippen LogP contribution in [-0.4, -0.2) is 58.1 Å². The molecule has 0 saturated carbocycles. The van der Waals surface area contributed by atoms with Crippen LogP contribution < -0.4 is 0 Å². The van der Waals surface area contributed by atoms with Crippen LogP contribution in [-0.2, 0) is 11.8 Å². The summed E-state index contributed by atoms with van der Waals surface area (Å²) in [5.41, 5.74) is 1.69. The van der Waals surface area contributed by atoms with Crippen molar-refractivity contribution >= 4 is 11.8 Å². The Labute approximate surface area is 159 Å². The zero-order chi connectivity index (χ0) is 19.0. The van der Waals surface area contributed by atoms with Gasteiger partial charge in [-0.05, 0) is 36.3 Å². The average Bonchev–Trinajstić information content (AvgIpc) is 3.12. The number of likely N-dealkylation sites (N-methyl/N-ethyl adjacent to an activating group) is 1. The van der Waals surface area contributed by atoms with Crippen LogP contribution in [0.25, 0.3) is 0 Å². The molecule has 0 bridgehead atoms. The summed E-state index contributed by atoms with van der Waals surface area (Å²) in [5, 5.41) is 4.24. The standard InChI is InChI=1S/C21H26N4O2/c1-23-15-21(14-17(19(23)26)16-6-4-3-5-7-16)9-12-25(13-10-21)20(27)18-8-11-24(2)22-18/h3-8,11,17H,9-10,12-15H2,1-2H3/t17-/m0/s1. The topological polar surface area (TPSA) is 58.4 Å². The second-order valence-electron chi connectivity index (χ2n) is 8.03. The van der Waals surface area contributed by atoms with Crippen LogP contribution in [0.4, 0.5) is 0 Å². The minimum absolute atomic E-state index is 0.00491. The van der Waals surface area contributed by atoms with Gasteiger partial charge in [0.05, 0.1) is 5.92 Å². The Morgan fingerprint density at radius 1 is 1.11 bits per heavy atom. The van der Waals surface area contributed by atoms with Crippen LogP contribution in [0.2, 0.25) is 0 Å². The summed E-state index contributed by atoms with van der Waals surface area (Å²) in [6, 6.07) is 11.9. The Balaban J connectivity index is 1.48. The fourth-order valence-corrected chi connectivity index (χ4v) is 4.62. The minimum atomic E-state index is -0.0806. The van der Waals surface area contributed by atoms with Gasteiger partial charge in [-0.2, -0.15) is 5.10 Å². The highest BCUT2D eigenvalue weighted by atomic mass is 16.2. The van der Waals surface area contributed by atoms with E-state index in [2.05, 4.69) is 17.2 Å². The number of benzene rings is 1. The van der Waals surface area contributed by atoms with E-state index in [9.17, 15) is 9.59 Å². The molecule has 1 aromatic carbocycles. The lowest BCUT2D eigenvalue weighted by Gasteiger charge is -2.49. The SMILES string of the molecule is CN1CC2(CCN(C(=O)c3ccn(C)n3)CC2)C[C@@H](c2ccccc2)C1=O. The lowest BCUT2D eigenvalue weighted by Crippen LogP contribution is -2.53. The smallest absolute Gasteiger partial charge is 0.274 e. The normalized spacial score (nSPS) is 22.3. The van der Waals surface area contributed by atoms with Crippen LogP contribution in [0, 0.1) is 5.41 Å². The summed E-state index contributed by atoms with van der Waals surface area (Å²) in [6.45, 7) is 2.22. The number of piperidine rings is 2. The van der Waals surface area contributed by atoms with E-state index >= 15 is 0 Å². The van der Waals surface area contributed by atoms with Crippen molar-refractivity contribution < 1.29 is 9.59 Å². The molecule has 6 nitrogen and oxygen atoms in total. The molecule has 0 N–H and O–H groups in total. The third-order valence-corrected chi connectivity index (χ3v) is 6.13. The molecule has 1 atom stereocenters. The van der Waals surface area contributed by atoms with E-state index in [0.29, 0.717) is 5.69 Å². The van der Waals surface area contributed by atoms with Crippen molar-refractivity contribution in [1.82, 2.24) is 19.6 Å². The molecule has 1 spiro atoms. The highest BCUT2D eigenvalue weighted by Gasteiger charge is 2.45. The van der Waals surface area contributed by atoms with E-state index in [1.807, 2.05) is 42.1 Å². The number of likely N-dealkylation sites (tertiary alicyclic amines) is 2. The van der Waals surface area contributed by atoms with Crippen molar-refractivity contribution in [3.8, 4) is 0 Å². The molecule has 2 fully saturated rings. The van der Waals surface area contributed by atoms with Crippen molar-refractivity contribution in [2.45, 2.75) is 25.2 Å². The first-order chi connectivity index (χ1) is 13.0. The highest BCUT2D eigenvalue weighted by Crippen LogP contribution is 2.45. The molecular weight excluding hydrogens is 340 g/mol. The van der Waals surface area contributed by atoms with Crippen LogP contribution in [0.1, 0.15) is 41.2 Å². The molecule has 2 amide bonds. The number of aromatic nitrogens is 2. The number of hydrogen-bond acceptors (Lipinski definition) is 3. The van der Waals surface area contributed by atoms with Crippen LogP contribution in [0.3, 0.4) is 0 Å². The molecule has 2 aliphatic heterocycles. The number of rotatable bonds is 2. The summed E-state index contributed by atoms with van der Waals surface area (Å²) in [6.07, 6.45) is 4.51.